The number of hydrogen-bond acceptors (Lipinski definition) is 6. The van der Waals surface area contributed by atoms with Gasteiger partial charge in [-0.2, -0.15) is 11.8 Å². The summed E-state index contributed by atoms with van der Waals surface area (Å²) in [6, 6.07) is 4.20. The quantitative estimate of drug-likeness (QED) is 0.413. The van der Waals surface area contributed by atoms with Crippen LogP contribution in [0.15, 0.2) is 18.2 Å². The summed E-state index contributed by atoms with van der Waals surface area (Å²) in [5.74, 6) is 5.64. The van der Waals surface area contributed by atoms with Gasteiger partial charge in [-0.1, -0.05) is 6.07 Å². The number of amides is 1. The molecule has 1 atom stereocenters. The number of nitro benzene ring substituents is 1. The number of para-hydroxylation sites is 1. The molecule has 0 aliphatic rings. The third-order valence-electron chi connectivity index (χ3n) is 2.42. The van der Waals surface area contributed by atoms with Crippen molar-refractivity contribution in [2.45, 2.75) is 13.0 Å². The molecule has 1 rings (SSSR count). The first-order valence-corrected chi connectivity index (χ1v) is 6.94. The molecule has 0 saturated carbocycles. The van der Waals surface area contributed by atoms with Gasteiger partial charge in [0.15, 0.2) is 0 Å². The first-order chi connectivity index (χ1) is 9.01. The predicted octanol–water partition coefficient (Wildman–Crippen LogP) is 1.36. The van der Waals surface area contributed by atoms with Crippen LogP contribution in [0.25, 0.3) is 0 Å². The first kappa shape index (κ1) is 15.3. The smallest absolute Gasteiger partial charge is 0.294 e. The molecule has 7 nitrogen and oxygen atoms in total. The van der Waals surface area contributed by atoms with E-state index in [4.69, 9.17) is 5.84 Å². The number of nitrogens with zero attached hydrogens (tertiary/aromatic N) is 1. The van der Waals surface area contributed by atoms with Gasteiger partial charge in [-0.05, 0) is 19.2 Å². The summed E-state index contributed by atoms with van der Waals surface area (Å²) >= 11 is 1.60. The molecule has 4 N–H and O–H groups in total. The maximum absolute atomic E-state index is 12.0. The monoisotopic (exact) mass is 284 g/mol. The average molecular weight is 284 g/mol. The second kappa shape index (κ2) is 6.95. The molecule has 0 saturated heterocycles. The van der Waals surface area contributed by atoms with Gasteiger partial charge < -0.3 is 10.7 Å². The van der Waals surface area contributed by atoms with Crippen LogP contribution in [0.4, 0.5) is 11.4 Å². The van der Waals surface area contributed by atoms with Crippen LogP contribution in [-0.2, 0) is 0 Å². The Hall–Kier alpha value is -1.80. The fourth-order valence-electron chi connectivity index (χ4n) is 1.63. The summed E-state index contributed by atoms with van der Waals surface area (Å²) in [6.07, 6.45) is 1.93. The standard InChI is InChI=1S/C11H16N4O3S/c1-7(6-19-2)13-11(16)8-4-3-5-9(15(17)18)10(8)14-12/h3-5,7,14H,6,12H2,1-2H3,(H,13,16). The predicted molar refractivity (Wildman–Crippen MR) is 76.2 cm³/mol. The van der Waals surface area contributed by atoms with Crippen LogP contribution in [0, 0.1) is 10.1 Å². The molecule has 0 aliphatic carbocycles. The molecule has 8 heteroatoms. The minimum absolute atomic E-state index is 0.0151. The van der Waals surface area contributed by atoms with Crippen molar-refractivity contribution in [1.29, 1.82) is 0 Å². The Morgan fingerprint density at radius 3 is 2.79 bits per heavy atom. The third-order valence-corrected chi connectivity index (χ3v) is 3.26. The van der Waals surface area contributed by atoms with Crippen molar-refractivity contribution in [3.05, 3.63) is 33.9 Å². The number of thioether (sulfide) groups is 1. The Kier molecular flexibility index (Phi) is 5.58. The lowest BCUT2D eigenvalue weighted by molar-refractivity contribution is -0.384. The third kappa shape index (κ3) is 3.83. The summed E-state index contributed by atoms with van der Waals surface area (Å²) in [5.41, 5.74) is 2.17. The van der Waals surface area contributed by atoms with Gasteiger partial charge >= 0.3 is 0 Å². The first-order valence-electron chi connectivity index (χ1n) is 5.55. The van der Waals surface area contributed by atoms with Crippen LogP contribution in [0.1, 0.15) is 17.3 Å². The molecule has 0 spiro atoms. The molecule has 0 heterocycles. The van der Waals surface area contributed by atoms with Crippen LogP contribution in [0.3, 0.4) is 0 Å². The van der Waals surface area contributed by atoms with Crippen molar-refractivity contribution < 1.29 is 9.72 Å². The topological polar surface area (TPSA) is 110 Å². The number of carbonyl (C=O) groups is 1. The molecule has 19 heavy (non-hydrogen) atoms. The average Bonchev–Trinajstić information content (AvgIpc) is 2.37. The molecule has 1 aromatic rings. The molecule has 104 valence electrons. The zero-order valence-electron chi connectivity index (χ0n) is 10.7. The number of rotatable bonds is 6. The van der Waals surface area contributed by atoms with Crippen LogP contribution in [0.2, 0.25) is 0 Å². The molecule has 1 amide bonds. The fraction of sp³-hybridized carbons (Fsp3) is 0.364. The van der Waals surface area contributed by atoms with Crippen molar-refractivity contribution in [2.75, 3.05) is 17.4 Å². The SMILES string of the molecule is CSCC(C)NC(=O)c1cccc([N+](=O)[O-])c1NN. The fourth-order valence-corrected chi connectivity index (χ4v) is 2.21. The van der Waals surface area contributed by atoms with Gasteiger partial charge in [0.1, 0.15) is 5.69 Å². The van der Waals surface area contributed by atoms with E-state index in [1.807, 2.05) is 13.2 Å². The molecule has 0 fully saturated rings. The Morgan fingerprint density at radius 2 is 2.26 bits per heavy atom. The Morgan fingerprint density at radius 1 is 1.58 bits per heavy atom. The van der Waals surface area contributed by atoms with Gasteiger partial charge in [-0.25, -0.2) is 0 Å². The number of hydrogen-bond donors (Lipinski definition) is 3. The number of hydrazine groups is 1. The van der Waals surface area contributed by atoms with Crippen molar-refractivity contribution in [2.24, 2.45) is 5.84 Å². The molecular weight excluding hydrogens is 268 g/mol. The Labute approximate surface area is 115 Å². The number of nitrogen functional groups attached to an aromatic ring is 1. The van der Waals surface area contributed by atoms with Gasteiger partial charge in [0.25, 0.3) is 11.6 Å². The van der Waals surface area contributed by atoms with E-state index in [-0.39, 0.29) is 23.0 Å². The molecule has 0 aliphatic heterocycles. The van der Waals surface area contributed by atoms with Crippen molar-refractivity contribution >= 4 is 29.0 Å². The lowest BCUT2D eigenvalue weighted by Crippen LogP contribution is -2.35. The second-order valence-electron chi connectivity index (χ2n) is 3.93. The summed E-state index contributed by atoms with van der Waals surface area (Å²) in [6.45, 7) is 1.86. The summed E-state index contributed by atoms with van der Waals surface area (Å²) < 4.78 is 0. The lowest BCUT2D eigenvalue weighted by atomic mass is 10.1. The normalized spacial score (nSPS) is 11.7. The highest BCUT2D eigenvalue weighted by Gasteiger charge is 2.21. The van der Waals surface area contributed by atoms with Crippen molar-refractivity contribution in [3.8, 4) is 0 Å². The van der Waals surface area contributed by atoms with E-state index in [2.05, 4.69) is 10.7 Å². The van der Waals surface area contributed by atoms with E-state index in [1.54, 1.807) is 11.8 Å². The number of benzene rings is 1. The van der Waals surface area contributed by atoms with E-state index in [0.717, 1.165) is 5.75 Å². The van der Waals surface area contributed by atoms with Gasteiger partial charge in [0, 0.05) is 17.9 Å². The Bertz CT molecular complexity index is 481. The molecule has 1 aromatic carbocycles. The molecule has 0 aromatic heterocycles. The van der Waals surface area contributed by atoms with Crippen LogP contribution in [-0.4, -0.2) is 28.9 Å². The van der Waals surface area contributed by atoms with Crippen molar-refractivity contribution in [1.82, 2.24) is 5.32 Å². The zero-order valence-corrected chi connectivity index (χ0v) is 11.5. The zero-order chi connectivity index (χ0) is 14.4. The summed E-state index contributed by atoms with van der Waals surface area (Å²) in [5, 5.41) is 13.6. The van der Waals surface area contributed by atoms with Gasteiger partial charge in [0.2, 0.25) is 0 Å². The number of nitrogens with two attached hydrogens (primary N) is 1. The Balaban J connectivity index is 3.03. The van der Waals surface area contributed by atoms with Crippen molar-refractivity contribution in [3.63, 3.8) is 0 Å². The highest BCUT2D eigenvalue weighted by atomic mass is 32.2. The van der Waals surface area contributed by atoms with E-state index >= 15 is 0 Å². The number of nitro groups is 1. The largest absolute Gasteiger partial charge is 0.349 e. The van der Waals surface area contributed by atoms with Crippen LogP contribution >= 0.6 is 11.8 Å². The van der Waals surface area contributed by atoms with E-state index in [0.29, 0.717) is 0 Å². The second-order valence-corrected chi connectivity index (χ2v) is 4.84. The van der Waals surface area contributed by atoms with Gasteiger partial charge in [-0.3, -0.25) is 20.8 Å². The van der Waals surface area contributed by atoms with E-state index in [1.165, 1.54) is 18.2 Å². The van der Waals surface area contributed by atoms with Gasteiger partial charge in [0.05, 0.1) is 10.5 Å². The van der Waals surface area contributed by atoms with Crippen LogP contribution < -0.4 is 16.6 Å². The van der Waals surface area contributed by atoms with Gasteiger partial charge in [-0.15, -0.1) is 0 Å². The minimum Gasteiger partial charge on any atom is -0.349 e. The maximum Gasteiger partial charge on any atom is 0.294 e. The molecule has 1 unspecified atom stereocenters. The summed E-state index contributed by atoms with van der Waals surface area (Å²) in [4.78, 5) is 22.3. The molecule has 0 bridgehead atoms. The van der Waals surface area contributed by atoms with Crippen LogP contribution in [0.5, 0.6) is 0 Å². The highest BCUT2D eigenvalue weighted by molar-refractivity contribution is 7.98. The van der Waals surface area contributed by atoms with E-state index < -0.39 is 10.8 Å². The highest BCUT2D eigenvalue weighted by Crippen LogP contribution is 2.27. The molecule has 0 radical (unpaired) electrons. The number of carbonyl (C=O) groups excluding carboxylic acids is 1. The summed E-state index contributed by atoms with van der Waals surface area (Å²) in [7, 11) is 0. The minimum atomic E-state index is -0.586. The lowest BCUT2D eigenvalue weighted by Gasteiger charge is -2.14. The number of anilines is 1. The molecular formula is C11H16N4O3S. The van der Waals surface area contributed by atoms with E-state index in [9.17, 15) is 14.9 Å². The number of nitrogens with one attached hydrogen (secondary N) is 2. The maximum atomic E-state index is 12.0.